The van der Waals surface area contributed by atoms with Gasteiger partial charge in [0.1, 0.15) is 11.6 Å². The molecule has 2 aromatic rings. The first-order chi connectivity index (χ1) is 7.50. The smallest absolute Gasteiger partial charge is 0.131 e. The summed E-state index contributed by atoms with van der Waals surface area (Å²) < 4.78 is 15.3. The fourth-order valence-corrected chi connectivity index (χ4v) is 1.64. The molecule has 0 aliphatic heterocycles. The van der Waals surface area contributed by atoms with Gasteiger partial charge in [-0.05, 0) is 37.1 Å². The molecule has 1 aromatic carbocycles. The second-order valence-electron chi connectivity index (χ2n) is 3.98. The van der Waals surface area contributed by atoms with Gasteiger partial charge in [0.05, 0.1) is 6.20 Å². The lowest BCUT2D eigenvalue weighted by Crippen LogP contribution is -1.99. The van der Waals surface area contributed by atoms with Gasteiger partial charge in [0.25, 0.3) is 0 Å². The summed E-state index contributed by atoms with van der Waals surface area (Å²) in [6, 6.07) is 3.33. The lowest BCUT2D eigenvalue weighted by molar-refractivity contribution is 0.629. The molecule has 0 bridgehead atoms. The first-order valence-corrected chi connectivity index (χ1v) is 5.05. The summed E-state index contributed by atoms with van der Waals surface area (Å²) in [5, 5.41) is 4.01. The molecule has 84 valence electrons. The number of aromatic nitrogens is 2. The third-order valence-electron chi connectivity index (χ3n) is 2.86. The number of hydrogen-bond acceptors (Lipinski definition) is 2. The van der Waals surface area contributed by atoms with Gasteiger partial charge in [-0.1, -0.05) is 0 Å². The zero-order chi connectivity index (χ0) is 11.9. The van der Waals surface area contributed by atoms with Crippen molar-refractivity contribution < 1.29 is 4.39 Å². The van der Waals surface area contributed by atoms with E-state index in [4.69, 9.17) is 5.73 Å². The Bertz CT molecular complexity index is 543. The van der Waals surface area contributed by atoms with Crippen LogP contribution in [-0.4, -0.2) is 9.78 Å². The number of anilines is 1. The molecular weight excluding hydrogens is 205 g/mol. The van der Waals surface area contributed by atoms with Gasteiger partial charge < -0.3 is 5.73 Å². The molecular formula is C12H14FN3. The van der Waals surface area contributed by atoms with Crippen LogP contribution >= 0.6 is 0 Å². The highest BCUT2D eigenvalue weighted by Gasteiger charge is 2.13. The number of nitrogen functional groups attached to an aromatic ring is 1. The number of benzene rings is 1. The van der Waals surface area contributed by atoms with E-state index < -0.39 is 0 Å². The van der Waals surface area contributed by atoms with Crippen molar-refractivity contribution >= 4 is 5.82 Å². The van der Waals surface area contributed by atoms with Gasteiger partial charge in [0.15, 0.2) is 0 Å². The minimum Gasteiger partial charge on any atom is -0.383 e. The van der Waals surface area contributed by atoms with Crippen LogP contribution in [0.15, 0.2) is 18.3 Å². The van der Waals surface area contributed by atoms with E-state index in [0.717, 1.165) is 11.1 Å². The van der Waals surface area contributed by atoms with Crippen molar-refractivity contribution in [2.45, 2.75) is 13.8 Å². The van der Waals surface area contributed by atoms with Crippen LogP contribution in [0.2, 0.25) is 0 Å². The molecule has 4 heteroatoms. The molecule has 0 atom stereocenters. The predicted molar refractivity (Wildman–Crippen MR) is 62.5 cm³/mol. The maximum absolute atomic E-state index is 13.8. The van der Waals surface area contributed by atoms with Crippen molar-refractivity contribution in [1.29, 1.82) is 0 Å². The fraction of sp³-hybridized carbons (Fsp3) is 0.250. The van der Waals surface area contributed by atoms with Crippen LogP contribution in [0, 0.1) is 19.7 Å². The zero-order valence-corrected chi connectivity index (χ0v) is 9.58. The average molecular weight is 219 g/mol. The van der Waals surface area contributed by atoms with Gasteiger partial charge in [-0.3, -0.25) is 4.68 Å². The summed E-state index contributed by atoms with van der Waals surface area (Å²) in [6.07, 6.45) is 1.59. The van der Waals surface area contributed by atoms with Crippen LogP contribution in [0.3, 0.4) is 0 Å². The number of nitrogens with two attached hydrogens (primary N) is 1. The van der Waals surface area contributed by atoms with Gasteiger partial charge in [-0.15, -0.1) is 0 Å². The van der Waals surface area contributed by atoms with Crippen LogP contribution in [0.1, 0.15) is 11.1 Å². The summed E-state index contributed by atoms with van der Waals surface area (Å²) in [6.45, 7) is 3.83. The van der Waals surface area contributed by atoms with Crippen molar-refractivity contribution in [3.63, 3.8) is 0 Å². The zero-order valence-electron chi connectivity index (χ0n) is 9.58. The minimum atomic E-state index is -0.261. The quantitative estimate of drug-likeness (QED) is 0.800. The lowest BCUT2D eigenvalue weighted by atomic mass is 10.0. The average Bonchev–Trinajstić information content (AvgIpc) is 2.54. The van der Waals surface area contributed by atoms with Gasteiger partial charge in [0.2, 0.25) is 0 Å². The highest BCUT2D eigenvalue weighted by molar-refractivity contribution is 5.74. The molecule has 0 saturated heterocycles. The topological polar surface area (TPSA) is 43.8 Å². The molecule has 2 N–H and O–H groups in total. The molecule has 16 heavy (non-hydrogen) atoms. The van der Waals surface area contributed by atoms with Crippen molar-refractivity contribution in [2.24, 2.45) is 7.05 Å². The summed E-state index contributed by atoms with van der Waals surface area (Å²) in [5.41, 5.74) is 8.95. The van der Waals surface area contributed by atoms with Crippen LogP contribution in [0.5, 0.6) is 0 Å². The standard InChI is InChI=1S/C12H14FN3/c1-7-4-9(11(13)5-8(7)2)10-6-15-16(3)12(10)14/h4-6H,14H2,1-3H3. The number of hydrogen-bond donors (Lipinski definition) is 1. The van der Waals surface area contributed by atoms with Gasteiger partial charge in [-0.25, -0.2) is 4.39 Å². The molecule has 1 heterocycles. The Kier molecular flexibility index (Phi) is 2.42. The van der Waals surface area contributed by atoms with E-state index in [1.54, 1.807) is 19.3 Å². The van der Waals surface area contributed by atoms with E-state index in [2.05, 4.69) is 5.10 Å². The Morgan fingerprint density at radius 3 is 2.38 bits per heavy atom. The van der Waals surface area contributed by atoms with E-state index in [-0.39, 0.29) is 5.82 Å². The Morgan fingerprint density at radius 1 is 1.19 bits per heavy atom. The van der Waals surface area contributed by atoms with Crippen LogP contribution in [0.4, 0.5) is 10.2 Å². The fourth-order valence-electron chi connectivity index (χ4n) is 1.64. The van der Waals surface area contributed by atoms with Gasteiger partial charge >= 0.3 is 0 Å². The number of rotatable bonds is 1. The second kappa shape index (κ2) is 3.63. The lowest BCUT2D eigenvalue weighted by Gasteiger charge is -2.06. The molecule has 0 fully saturated rings. The van der Waals surface area contributed by atoms with Crippen molar-refractivity contribution in [1.82, 2.24) is 9.78 Å². The van der Waals surface area contributed by atoms with Gasteiger partial charge in [-0.2, -0.15) is 5.10 Å². The summed E-state index contributed by atoms with van der Waals surface area (Å²) in [7, 11) is 1.73. The van der Waals surface area contributed by atoms with E-state index in [9.17, 15) is 4.39 Å². The third kappa shape index (κ3) is 1.56. The number of halogens is 1. The molecule has 0 amide bonds. The SMILES string of the molecule is Cc1cc(F)c(-c2cnn(C)c2N)cc1C. The molecule has 3 nitrogen and oxygen atoms in total. The first kappa shape index (κ1) is 10.7. The minimum absolute atomic E-state index is 0.261. The number of aryl methyl sites for hydroxylation is 3. The van der Waals surface area contributed by atoms with E-state index in [1.165, 1.54) is 10.7 Å². The maximum Gasteiger partial charge on any atom is 0.131 e. The van der Waals surface area contributed by atoms with Crippen molar-refractivity contribution in [2.75, 3.05) is 5.73 Å². The molecule has 0 spiro atoms. The normalized spacial score (nSPS) is 10.8. The summed E-state index contributed by atoms with van der Waals surface area (Å²) in [4.78, 5) is 0. The number of nitrogens with zero attached hydrogens (tertiary/aromatic N) is 2. The summed E-state index contributed by atoms with van der Waals surface area (Å²) in [5.74, 6) is 0.213. The molecule has 2 rings (SSSR count). The Labute approximate surface area is 93.7 Å². The Morgan fingerprint density at radius 2 is 1.81 bits per heavy atom. The van der Waals surface area contributed by atoms with Crippen molar-refractivity contribution in [3.05, 3.63) is 35.3 Å². The Hall–Kier alpha value is -1.84. The van der Waals surface area contributed by atoms with Crippen LogP contribution in [0.25, 0.3) is 11.1 Å². The van der Waals surface area contributed by atoms with E-state index in [1.807, 2.05) is 13.8 Å². The molecule has 0 saturated carbocycles. The highest BCUT2D eigenvalue weighted by atomic mass is 19.1. The summed E-state index contributed by atoms with van der Waals surface area (Å²) >= 11 is 0. The van der Waals surface area contributed by atoms with Gasteiger partial charge in [0, 0.05) is 18.2 Å². The highest BCUT2D eigenvalue weighted by Crippen LogP contribution is 2.29. The molecule has 0 aliphatic carbocycles. The van der Waals surface area contributed by atoms with Crippen LogP contribution in [-0.2, 0) is 7.05 Å². The van der Waals surface area contributed by atoms with Crippen LogP contribution < -0.4 is 5.73 Å². The largest absolute Gasteiger partial charge is 0.383 e. The van der Waals surface area contributed by atoms with Crippen molar-refractivity contribution in [3.8, 4) is 11.1 Å². The molecule has 0 aliphatic rings. The van der Waals surface area contributed by atoms with E-state index in [0.29, 0.717) is 16.9 Å². The maximum atomic E-state index is 13.8. The molecule has 0 radical (unpaired) electrons. The Balaban J connectivity index is 2.65. The monoisotopic (exact) mass is 219 g/mol. The third-order valence-corrected chi connectivity index (χ3v) is 2.86. The van der Waals surface area contributed by atoms with E-state index >= 15 is 0 Å². The predicted octanol–water partition coefficient (Wildman–Crippen LogP) is 2.43. The molecule has 0 unspecified atom stereocenters. The second-order valence-corrected chi connectivity index (χ2v) is 3.98. The molecule has 1 aromatic heterocycles. The first-order valence-electron chi connectivity index (χ1n) is 5.05.